The van der Waals surface area contributed by atoms with Crippen LogP contribution < -0.4 is 19.8 Å². The second kappa shape index (κ2) is 10.8. The summed E-state index contributed by atoms with van der Waals surface area (Å²) in [7, 11) is -2.01. The first-order valence-corrected chi connectivity index (χ1v) is 15.9. The quantitative estimate of drug-likeness (QED) is 0.360. The Labute approximate surface area is 243 Å². The van der Waals surface area contributed by atoms with Crippen LogP contribution in [0.2, 0.25) is 0 Å². The average Bonchev–Trinajstić information content (AvgIpc) is 3.62. The highest BCUT2D eigenvalue weighted by atomic mass is 32.2. The zero-order valence-corrected chi connectivity index (χ0v) is 24.4. The van der Waals surface area contributed by atoms with Crippen molar-refractivity contribution >= 4 is 44.0 Å². The normalized spacial score (nSPS) is 19.8. The predicted octanol–water partition coefficient (Wildman–Crippen LogP) is 3.71. The number of carbonyl (C=O) groups is 1. The standard InChI is InChI=1S/C29H36F2N6O4S/c1-35-12-4-20-18-23(33-26(25(20)35)37-15-9-29(30,31)10-16-37)27(39)34-22-3-2-21(42(40,41)32-11-17-38)19-24(22)36-13-7-28(5-6-28)8-14-36/h2-4,12,18-19,32,38H,5-11,13-17H2,1H3,(H,34,39). The average molecular weight is 603 g/mol. The number of nitrogens with one attached hydrogen (secondary N) is 2. The maximum absolute atomic E-state index is 13.9. The van der Waals surface area contributed by atoms with Crippen LogP contribution in [-0.4, -0.2) is 74.2 Å². The molecular formula is C29H36F2N6O4S. The molecule has 1 aromatic carbocycles. The Morgan fingerprint density at radius 1 is 1.00 bits per heavy atom. The number of sulfonamides is 1. The van der Waals surface area contributed by atoms with Crippen molar-refractivity contribution in [3.8, 4) is 0 Å². The van der Waals surface area contributed by atoms with Crippen LogP contribution >= 0.6 is 0 Å². The summed E-state index contributed by atoms with van der Waals surface area (Å²) in [5, 5.41) is 12.8. The van der Waals surface area contributed by atoms with E-state index in [1.54, 1.807) is 18.2 Å². The van der Waals surface area contributed by atoms with Gasteiger partial charge in [-0.3, -0.25) is 4.79 Å². The molecule has 0 atom stereocenters. The lowest BCUT2D eigenvalue weighted by molar-refractivity contribution is -0.0221. The summed E-state index contributed by atoms with van der Waals surface area (Å²) in [6.07, 6.45) is 5.74. The number of aryl methyl sites for hydroxylation is 1. The van der Waals surface area contributed by atoms with Gasteiger partial charge in [0, 0.05) is 64.2 Å². The van der Waals surface area contributed by atoms with Gasteiger partial charge >= 0.3 is 0 Å². The second-order valence-corrected chi connectivity index (χ2v) is 13.5. The molecule has 4 heterocycles. The summed E-state index contributed by atoms with van der Waals surface area (Å²) >= 11 is 0. The number of carbonyl (C=O) groups excluding carboxylic acids is 1. The summed E-state index contributed by atoms with van der Waals surface area (Å²) < 4.78 is 57.8. The molecule has 3 fully saturated rings. The number of aliphatic hydroxyl groups is 1. The monoisotopic (exact) mass is 602 g/mol. The zero-order chi connectivity index (χ0) is 29.7. The van der Waals surface area contributed by atoms with Crippen molar-refractivity contribution < 1.29 is 27.1 Å². The van der Waals surface area contributed by atoms with Crippen molar-refractivity contribution in [2.24, 2.45) is 12.5 Å². The molecule has 226 valence electrons. The highest BCUT2D eigenvalue weighted by Gasteiger charge is 2.44. The van der Waals surface area contributed by atoms with E-state index in [4.69, 9.17) is 5.11 Å². The highest BCUT2D eigenvalue weighted by Crippen LogP contribution is 2.54. The Bertz CT molecular complexity index is 1600. The summed E-state index contributed by atoms with van der Waals surface area (Å²) in [6, 6.07) is 8.12. The first-order valence-electron chi connectivity index (χ1n) is 14.4. The van der Waals surface area contributed by atoms with Crippen molar-refractivity contribution in [3.05, 3.63) is 42.2 Å². The number of aromatic nitrogens is 2. The van der Waals surface area contributed by atoms with E-state index in [1.165, 1.54) is 18.9 Å². The van der Waals surface area contributed by atoms with Crippen LogP contribution in [0.5, 0.6) is 0 Å². The Balaban J connectivity index is 1.32. The molecule has 3 aliphatic rings. The van der Waals surface area contributed by atoms with Crippen LogP contribution in [0.4, 0.5) is 26.0 Å². The van der Waals surface area contributed by atoms with Crippen LogP contribution in [-0.2, 0) is 17.1 Å². The van der Waals surface area contributed by atoms with Gasteiger partial charge in [0.15, 0.2) is 5.82 Å². The zero-order valence-electron chi connectivity index (χ0n) is 23.6. The number of nitrogens with zero attached hydrogens (tertiary/aromatic N) is 4. The van der Waals surface area contributed by atoms with Crippen molar-refractivity contribution in [2.75, 3.05) is 54.4 Å². The summed E-state index contributed by atoms with van der Waals surface area (Å²) in [6.45, 7) is 1.32. The minimum absolute atomic E-state index is 0.0451. The number of rotatable bonds is 8. The number of anilines is 3. The molecule has 3 aromatic rings. The van der Waals surface area contributed by atoms with Gasteiger partial charge in [-0.2, -0.15) is 0 Å². The summed E-state index contributed by atoms with van der Waals surface area (Å²) in [4.78, 5) is 22.3. The Hall–Kier alpha value is -3.29. The molecular weight excluding hydrogens is 566 g/mol. The maximum atomic E-state index is 13.9. The van der Waals surface area contributed by atoms with E-state index in [0.717, 1.165) is 36.8 Å². The van der Waals surface area contributed by atoms with Gasteiger partial charge in [-0.25, -0.2) is 26.9 Å². The van der Waals surface area contributed by atoms with E-state index in [2.05, 4.69) is 19.9 Å². The second-order valence-electron chi connectivity index (χ2n) is 11.8. The van der Waals surface area contributed by atoms with Gasteiger partial charge in [-0.15, -0.1) is 0 Å². The molecule has 13 heteroatoms. The molecule has 0 bridgehead atoms. The number of benzene rings is 1. The third-order valence-corrected chi connectivity index (χ3v) is 10.4. The van der Waals surface area contributed by atoms with E-state index in [-0.39, 0.29) is 49.7 Å². The van der Waals surface area contributed by atoms with Crippen LogP contribution in [0.15, 0.2) is 41.4 Å². The molecule has 1 saturated carbocycles. The Kier molecular flexibility index (Phi) is 7.38. The van der Waals surface area contributed by atoms with Gasteiger partial charge in [0.05, 0.1) is 28.4 Å². The number of fused-ring (bicyclic) bond motifs is 1. The van der Waals surface area contributed by atoms with Crippen LogP contribution in [0.25, 0.3) is 10.9 Å². The van der Waals surface area contributed by atoms with Crippen LogP contribution in [0, 0.1) is 5.41 Å². The fraction of sp³-hybridized carbons (Fsp3) is 0.517. The molecule has 2 saturated heterocycles. The van der Waals surface area contributed by atoms with Gasteiger partial charge in [-0.1, -0.05) is 0 Å². The van der Waals surface area contributed by atoms with Gasteiger partial charge in [0.25, 0.3) is 11.8 Å². The van der Waals surface area contributed by atoms with E-state index < -0.39 is 21.9 Å². The minimum Gasteiger partial charge on any atom is -0.395 e. The number of amides is 1. The molecule has 3 N–H and O–H groups in total. The third-order valence-electron chi connectivity index (χ3n) is 8.91. The van der Waals surface area contributed by atoms with Crippen LogP contribution in [0.1, 0.15) is 49.0 Å². The van der Waals surface area contributed by atoms with E-state index in [1.807, 2.05) is 28.8 Å². The van der Waals surface area contributed by atoms with Gasteiger partial charge < -0.3 is 24.8 Å². The highest BCUT2D eigenvalue weighted by molar-refractivity contribution is 7.89. The SMILES string of the molecule is Cn1ccc2cc(C(=O)Nc3ccc(S(=O)(=O)NCCO)cc3N3CCC4(CC3)CC4)nc(N3CCC(F)(F)CC3)c21. The van der Waals surface area contributed by atoms with Crippen molar-refractivity contribution in [1.29, 1.82) is 0 Å². The number of aliphatic hydroxyl groups excluding tert-OH is 1. The molecule has 1 spiro atoms. The lowest BCUT2D eigenvalue weighted by Crippen LogP contribution is -2.40. The predicted molar refractivity (Wildman–Crippen MR) is 157 cm³/mol. The number of hydrogen-bond donors (Lipinski definition) is 3. The fourth-order valence-electron chi connectivity index (χ4n) is 6.08. The van der Waals surface area contributed by atoms with Crippen LogP contribution in [0.3, 0.4) is 0 Å². The van der Waals surface area contributed by atoms with E-state index in [9.17, 15) is 22.0 Å². The Morgan fingerprint density at radius 2 is 1.69 bits per heavy atom. The van der Waals surface area contributed by atoms with E-state index >= 15 is 0 Å². The number of hydrogen-bond acceptors (Lipinski definition) is 7. The summed E-state index contributed by atoms with van der Waals surface area (Å²) in [5.74, 6) is -2.70. The molecule has 0 radical (unpaired) electrons. The maximum Gasteiger partial charge on any atom is 0.274 e. The van der Waals surface area contributed by atoms with E-state index in [0.29, 0.717) is 22.6 Å². The lowest BCUT2D eigenvalue weighted by Gasteiger charge is -2.35. The smallest absolute Gasteiger partial charge is 0.274 e. The van der Waals surface area contributed by atoms with Crippen molar-refractivity contribution in [2.45, 2.75) is 49.3 Å². The third kappa shape index (κ3) is 5.69. The number of alkyl halides is 2. The Morgan fingerprint density at radius 3 is 2.36 bits per heavy atom. The van der Waals surface area contributed by atoms with Gasteiger partial charge in [0.2, 0.25) is 10.0 Å². The molecule has 0 unspecified atom stereocenters. The molecule has 1 amide bonds. The first-order chi connectivity index (χ1) is 20.0. The molecule has 42 heavy (non-hydrogen) atoms. The molecule has 2 aliphatic heterocycles. The summed E-state index contributed by atoms with van der Waals surface area (Å²) in [5.41, 5.74) is 2.37. The van der Waals surface area contributed by atoms with Gasteiger partial charge in [-0.05, 0) is 61.4 Å². The minimum atomic E-state index is -3.86. The molecule has 1 aliphatic carbocycles. The topological polar surface area (TPSA) is 120 Å². The first kappa shape index (κ1) is 28.8. The molecule has 6 rings (SSSR count). The lowest BCUT2D eigenvalue weighted by atomic mass is 9.93. The van der Waals surface area contributed by atoms with Gasteiger partial charge in [0.1, 0.15) is 5.69 Å². The fourth-order valence-corrected chi connectivity index (χ4v) is 7.12. The molecule has 2 aromatic heterocycles. The molecule has 10 nitrogen and oxygen atoms in total. The van der Waals surface area contributed by atoms with Crippen molar-refractivity contribution in [1.82, 2.24) is 14.3 Å². The number of pyridine rings is 1. The number of piperidine rings is 2. The number of halogens is 2. The van der Waals surface area contributed by atoms with Crippen molar-refractivity contribution in [3.63, 3.8) is 0 Å². The largest absolute Gasteiger partial charge is 0.395 e.